The maximum atomic E-state index is 12.3. The van der Waals surface area contributed by atoms with E-state index in [0.29, 0.717) is 11.1 Å². The van der Waals surface area contributed by atoms with E-state index in [4.69, 9.17) is 9.15 Å². The molecule has 0 unspecified atom stereocenters. The number of ether oxygens (including phenoxy) is 1. The second kappa shape index (κ2) is 8.79. The third kappa shape index (κ3) is 4.75. The predicted octanol–water partition coefficient (Wildman–Crippen LogP) is 4.84. The average molecular weight is 405 g/mol. The molecule has 0 saturated carbocycles. The highest BCUT2D eigenvalue weighted by Gasteiger charge is 2.12. The summed E-state index contributed by atoms with van der Waals surface area (Å²) in [6.45, 7) is 2.15. The molecule has 3 aromatic carbocycles. The highest BCUT2D eigenvalue weighted by Crippen LogP contribution is 2.24. The molecule has 1 heterocycles. The summed E-state index contributed by atoms with van der Waals surface area (Å²) in [5.74, 6) is 1.17. The van der Waals surface area contributed by atoms with Crippen LogP contribution in [-0.4, -0.2) is 21.9 Å². The maximum absolute atomic E-state index is 12.3. The smallest absolute Gasteiger partial charge is 0.277 e. The molecule has 1 aromatic heterocycles. The van der Waals surface area contributed by atoms with E-state index in [2.05, 4.69) is 15.5 Å². The molecule has 0 bridgehead atoms. The summed E-state index contributed by atoms with van der Waals surface area (Å²) in [6, 6.07) is 21.5. The van der Waals surface area contributed by atoms with E-state index < -0.39 is 0 Å². The van der Waals surface area contributed by atoms with Crippen LogP contribution in [-0.2, 0) is 11.4 Å². The molecule has 0 fully saturated rings. The fraction of sp³-hybridized carbons (Fsp3) is 0.136. The predicted molar refractivity (Wildman–Crippen MR) is 113 cm³/mol. The minimum absolute atomic E-state index is 0.137. The molecule has 1 amide bonds. The molecule has 7 heteroatoms. The van der Waals surface area contributed by atoms with Gasteiger partial charge in [-0.25, -0.2) is 0 Å². The molecule has 0 aliphatic carbocycles. The number of fused-ring (bicyclic) bond motifs is 1. The zero-order valence-electron chi connectivity index (χ0n) is 15.8. The van der Waals surface area contributed by atoms with Crippen LogP contribution in [0.3, 0.4) is 0 Å². The Morgan fingerprint density at radius 3 is 2.72 bits per heavy atom. The van der Waals surface area contributed by atoms with Crippen molar-refractivity contribution < 1.29 is 13.9 Å². The van der Waals surface area contributed by atoms with Crippen molar-refractivity contribution in [2.24, 2.45) is 0 Å². The van der Waals surface area contributed by atoms with Crippen molar-refractivity contribution >= 4 is 34.1 Å². The van der Waals surface area contributed by atoms with Crippen LogP contribution in [0.15, 0.2) is 76.4 Å². The van der Waals surface area contributed by atoms with E-state index >= 15 is 0 Å². The van der Waals surface area contributed by atoms with E-state index in [0.717, 1.165) is 27.8 Å². The lowest BCUT2D eigenvalue weighted by Gasteiger charge is -2.08. The molecule has 0 saturated heterocycles. The first-order valence-electron chi connectivity index (χ1n) is 9.10. The minimum Gasteiger partial charge on any atom is -0.484 e. The molecule has 1 N–H and O–H groups in total. The average Bonchev–Trinajstić information content (AvgIpc) is 3.20. The molecule has 146 valence electrons. The van der Waals surface area contributed by atoms with Crippen molar-refractivity contribution in [2.45, 2.75) is 18.8 Å². The van der Waals surface area contributed by atoms with Crippen LogP contribution in [0.2, 0.25) is 0 Å². The molecule has 0 aliphatic heterocycles. The van der Waals surface area contributed by atoms with Crippen LogP contribution in [0.5, 0.6) is 5.75 Å². The van der Waals surface area contributed by atoms with Crippen LogP contribution in [0.25, 0.3) is 10.8 Å². The van der Waals surface area contributed by atoms with Gasteiger partial charge in [0, 0.05) is 11.1 Å². The molecular weight excluding hydrogens is 386 g/mol. The summed E-state index contributed by atoms with van der Waals surface area (Å²) in [4.78, 5) is 12.3. The van der Waals surface area contributed by atoms with E-state index in [9.17, 15) is 4.79 Å². The standard InChI is InChI=1S/C22H19N3O3S/c1-15-7-2-5-12-19(15)27-13-21-24-25-22(28-21)29-14-20(26)23-18-11-6-9-16-8-3-4-10-17(16)18/h2-12H,13-14H2,1H3,(H,23,26). The third-order valence-corrected chi connectivity index (χ3v) is 5.10. The first kappa shape index (κ1) is 19.0. The quantitative estimate of drug-likeness (QED) is 0.443. The van der Waals surface area contributed by atoms with Gasteiger partial charge in [-0.2, -0.15) is 0 Å². The summed E-state index contributed by atoms with van der Waals surface area (Å²) < 4.78 is 11.2. The Morgan fingerprint density at radius 1 is 1.03 bits per heavy atom. The Morgan fingerprint density at radius 2 is 1.83 bits per heavy atom. The summed E-state index contributed by atoms with van der Waals surface area (Å²) >= 11 is 1.19. The largest absolute Gasteiger partial charge is 0.484 e. The van der Waals surface area contributed by atoms with Crippen molar-refractivity contribution in [1.82, 2.24) is 10.2 Å². The number of rotatable bonds is 7. The van der Waals surface area contributed by atoms with Gasteiger partial charge in [-0.05, 0) is 30.0 Å². The first-order valence-corrected chi connectivity index (χ1v) is 10.1. The van der Waals surface area contributed by atoms with Gasteiger partial charge < -0.3 is 14.5 Å². The van der Waals surface area contributed by atoms with Gasteiger partial charge >= 0.3 is 0 Å². The molecule has 4 rings (SSSR count). The Balaban J connectivity index is 1.31. The normalized spacial score (nSPS) is 10.8. The molecular formula is C22H19N3O3S. The molecule has 0 aliphatic rings. The molecule has 0 radical (unpaired) electrons. The molecule has 4 aromatic rings. The number of carbonyl (C=O) groups is 1. The highest BCUT2D eigenvalue weighted by molar-refractivity contribution is 7.99. The number of aromatic nitrogens is 2. The number of hydrogen-bond donors (Lipinski definition) is 1. The van der Waals surface area contributed by atoms with Crippen LogP contribution in [0.4, 0.5) is 5.69 Å². The molecule has 29 heavy (non-hydrogen) atoms. The third-order valence-electron chi connectivity index (χ3n) is 4.28. The van der Waals surface area contributed by atoms with Crippen LogP contribution in [0.1, 0.15) is 11.5 Å². The van der Waals surface area contributed by atoms with Crippen LogP contribution < -0.4 is 10.1 Å². The molecule has 0 atom stereocenters. The lowest BCUT2D eigenvalue weighted by molar-refractivity contribution is -0.113. The number of carbonyl (C=O) groups excluding carboxylic acids is 1. The lowest BCUT2D eigenvalue weighted by Crippen LogP contribution is -2.14. The second-order valence-corrected chi connectivity index (χ2v) is 7.31. The molecule has 6 nitrogen and oxygen atoms in total. The number of nitrogens with one attached hydrogen (secondary N) is 1. The monoisotopic (exact) mass is 405 g/mol. The number of para-hydroxylation sites is 1. The number of nitrogens with zero attached hydrogens (tertiary/aromatic N) is 2. The van der Waals surface area contributed by atoms with Crippen molar-refractivity contribution in [3.05, 3.63) is 78.2 Å². The SMILES string of the molecule is Cc1ccccc1OCc1nnc(SCC(=O)Nc2cccc3ccccc23)o1. The van der Waals surface area contributed by atoms with Gasteiger partial charge in [0.2, 0.25) is 5.91 Å². The van der Waals surface area contributed by atoms with Crippen LogP contribution in [0, 0.1) is 6.92 Å². The maximum Gasteiger partial charge on any atom is 0.277 e. The zero-order chi connectivity index (χ0) is 20.1. The van der Waals surface area contributed by atoms with E-state index in [1.54, 1.807) is 0 Å². The van der Waals surface area contributed by atoms with Crippen molar-refractivity contribution in [2.75, 3.05) is 11.1 Å². The first-order chi connectivity index (χ1) is 14.2. The van der Waals surface area contributed by atoms with Crippen LogP contribution >= 0.6 is 11.8 Å². The van der Waals surface area contributed by atoms with Gasteiger partial charge in [-0.1, -0.05) is 66.4 Å². The van der Waals surface area contributed by atoms with E-state index in [1.165, 1.54) is 11.8 Å². The topological polar surface area (TPSA) is 77.2 Å². The Hall–Kier alpha value is -3.32. The highest BCUT2D eigenvalue weighted by atomic mass is 32.2. The summed E-state index contributed by atoms with van der Waals surface area (Å²) in [7, 11) is 0. The number of aryl methyl sites for hydroxylation is 1. The van der Waals surface area contributed by atoms with Gasteiger partial charge in [-0.3, -0.25) is 4.79 Å². The summed E-state index contributed by atoms with van der Waals surface area (Å²) in [5, 5.41) is 13.3. The number of hydrogen-bond acceptors (Lipinski definition) is 6. The number of amides is 1. The zero-order valence-corrected chi connectivity index (χ0v) is 16.6. The van der Waals surface area contributed by atoms with Gasteiger partial charge in [0.1, 0.15) is 5.75 Å². The number of anilines is 1. The van der Waals surface area contributed by atoms with Crippen molar-refractivity contribution in [3.8, 4) is 5.75 Å². The fourth-order valence-electron chi connectivity index (χ4n) is 2.86. The van der Waals surface area contributed by atoms with Gasteiger partial charge in [0.25, 0.3) is 11.1 Å². The number of benzene rings is 3. The minimum atomic E-state index is -0.137. The lowest BCUT2D eigenvalue weighted by atomic mass is 10.1. The number of thioether (sulfide) groups is 1. The fourth-order valence-corrected chi connectivity index (χ4v) is 3.44. The Kier molecular flexibility index (Phi) is 5.76. The summed E-state index contributed by atoms with van der Waals surface area (Å²) in [5.41, 5.74) is 1.82. The van der Waals surface area contributed by atoms with Crippen molar-refractivity contribution in [3.63, 3.8) is 0 Å². The Bertz CT molecular complexity index is 1140. The van der Waals surface area contributed by atoms with E-state index in [-0.39, 0.29) is 18.3 Å². The second-order valence-electron chi connectivity index (χ2n) is 6.38. The van der Waals surface area contributed by atoms with Gasteiger partial charge in [0.15, 0.2) is 6.61 Å². The van der Waals surface area contributed by atoms with Gasteiger partial charge in [0.05, 0.1) is 5.75 Å². The summed E-state index contributed by atoms with van der Waals surface area (Å²) in [6.07, 6.45) is 0. The van der Waals surface area contributed by atoms with Crippen molar-refractivity contribution in [1.29, 1.82) is 0 Å². The van der Waals surface area contributed by atoms with Gasteiger partial charge in [-0.15, -0.1) is 10.2 Å². The van der Waals surface area contributed by atoms with E-state index in [1.807, 2.05) is 73.7 Å². The molecule has 0 spiro atoms. The Labute approximate surface area is 172 Å².